The predicted molar refractivity (Wildman–Crippen MR) is 116 cm³/mol. The van der Waals surface area contributed by atoms with Crippen LogP contribution in [0.25, 0.3) is 0 Å². The van der Waals surface area contributed by atoms with E-state index in [4.69, 9.17) is 5.73 Å². The zero-order valence-corrected chi connectivity index (χ0v) is 17.7. The van der Waals surface area contributed by atoms with Crippen LogP contribution in [-0.4, -0.2) is 58.3 Å². The number of carbonyl (C=O) groups is 1. The first-order valence-electron chi connectivity index (χ1n) is 10.4. The van der Waals surface area contributed by atoms with Crippen molar-refractivity contribution in [2.75, 3.05) is 31.6 Å². The number of nitrogens with one attached hydrogen (secondary N) is 2. The van der Waals surface area contributed by atoms with E-state index >= 15 is 0 Å². The molecule has 4 N–H and O–H groups in total. The number of anilines is 1. The molecule has 1 fully saturated rings. The Morgan fingerprint density at radius 1 is 1.40 bits per heavy atom. The van der Waals surface area contributed by atoms with Gasteiger partial charge in [-0.05, 0) is 18.9 Å². The fourth-order valence-electron chi connectivity index (χ4n) is 3.69. The van der Waals surface area contributed by atoms with Gasteiger partial charge in [-0.3, -0.25) is 9.79 Å². The maximum Gasteiger partial charge on any atom is 0.222 e. The standard InChI is InChI=1S/C20H31N9O/c1-3-17-27-26-14-29(17)11-9-24-20(22-2)25-12-15-6-4-8-23-19(15)28-10-5-7-16(13-28)18(21)30/h4,6,8,14,16H,3,5,7,9-13H2,1-2H3,(H2,21,30)(H2,22,24,25). The molecule has 2 aromatic rings. The zero-order valence-electron chi connectivity index (χ0n) is 17.7. The van der Waals surface area contributed by atoms with Gasteiger partial charge in [0.25, 0.3) is 0 Å². The van der Waals surface area contributed by atoms with Crippen LogP contribution in [-0.2, 0) is 24.3 Å². The van der Waals surface area contributed by atoms with Crippen molar-refractivity contribution in [3.05, 3.63) is 36.0 Å². The molecule has 3 heterocycles. The number of rotatable bonds is 8. The molecule has 0 bridgehead atoms. The number of nitrogens with zero attached hydrogens (tertiary/aromatic N) is 6. The van der Waals surface area contributed by atoms with Gasteiger partial charge in [-0.25, -0.2) is 4.98 Å². The average Bonchev–Trinajstić information content (AvgIpc) is 3.24. The second kappa shape index (κ2) is 10.6. The van der Waals surface area contributed by atoms with E-state index in [9.17, 15) is 4.79 Å². The number of pyridine rings is 1. The van der Waals surface area contributed by atoms with E-state index in [1.807, 2.05) is 16.7 Å². The van der Waals surface area contributed by atoms with Crippen LogP contribution in [0.15, 0.2) is 29.6 Å². The van der Waals surface area contributed by atoms with Gasteiger partial charge in [0.15, 0.2) is 5.96 Å². The van der Waals surface area contributed by atoms with Crippen molar-refractivity contribution in [2.24, 2.45) is 16.6 Å². The van der Waals surface area contributed by atoms with Crippen molar-refractivity contribution < 1.29 is 4.79 Å². The Hall–Kier alpha value is -3.17. The first-order chi connectivity index (χ1) is 14.6. The third kappa shape index (κ3) is 5.46. The van der Waals surface area contributed by atoms with Crippen LogP contribution < -0.4 is 21.3 Å². The van der Waals surface area contributed by atoms with Crippen LogP contribution in [0.5, 0.6) is 0 Å². The number of aliphatic imine (C=N–C) groups is 1. The Morgan fingerprint density at radius 2 is 2.27 bits per heavy atom. The zero-order chi connectivity index (χ0) is 21.3. The molecule has 1 saturated heterocycles. The summed E-state index contributed by atoms with van der Waals surface area (Å²) < 4.78 is 2.03. The maximum atomic E-state index is 11.6. The second-order valence-corrected chi connectivity index (χ2v) is 7.32. The van der Waals surface area contributed by atoms with Crippen molar-refractivity contribution in [3.63, 3.8) is 0 Å². The number of hydrogen-bond donors (Lipinski definition) is 3. The van der Waals surface area contributed by atoms with Crippen LogP contribution in [0.4, 0.5) is 5.82 Å². The highest BCUT2D eigenvalue weighted by atomic mass is 16.1. The molecule has 1 amide bonds. The van der Waals surface area contributed by atoms with Crippen molar-refractivity contribution in [1.82, 2.24) is 30.4 Å². The van der Waals surface area contributed by atoms with Gasteiger partial charge in [-0.15, -0.1) is 10.2 Å². The summed E-state index contributed by atoms with van der Waals surface area (Å²) in [6.07, 6.45) is 6.16. The lowest BCUT2D eigenvalue weighted by molar-refractivity contribution is -0.122. The smallest absolute Gasteiger partial charge is 0.222 e. The van der Waals surface area contributed by atoms with Crippen LogP contribution in [0, 0.1) is 5.92 Å². The molecule has 30 heavy (non-hydrogen) atoms. The van der Waals surface area contributed by atoms with Crippen molar-refractivity contribution in [2.45, 2.75) is 39.3 Å². The first kappa shape index (κ1) is 21.5. The molecular formula is C20H31N9O. The highest BCUT2D eigenvalue weighted by Crippen LogP contribution is 2.24. The molecule has 10 heteroatoms. The Morgan fingerprint density at radius 3 is 3.03 bits per heavy atom. The minimum atomic E-state index is -0.237. The molecule has 10 nitrogen and oxygen atoms in total. The van der Waals surface area contributed by atoms with Crippen LogP contribution in [0.2, 0.25) is 0 Å². The number of primary amides is 1. The number of piperidine rings is 1. The van der Waals surface area contributed by atoms with E-state index < -0.39 is 0 Å². The molecule has 0 aromatic carbocycles. The fraction of sp³-hybridized carbons (Fsp3) is 0.550. The molecular weight excluding hydrogens is 382 g/mol. The normalized spacial score (nSPS) is 17.1. The number of nitrogens with two attached hydrogens (primary N) is 1. The van der Waals surface area contributed by atoms with Crippen molar-refractivity contribution in [3.8, 4) is 0 Å². The molecule has 0 saturated carbocycles. The van der Waals surface area contributed by atoms with Gasteiger partial charge in [0.1, 0.15) is 18.0 Å². The van der Waals surface area contributed by atoms with Crippen molar-refractivity contribution >= 4 is 17.7 Å². The van der Waals surface area contributed by atoms with E-state index in [1.54, 1.807) is 19.6 Å². The lowest BCUT2D eigenvalue weighted by Gasteiger charge is -2.33. The molecule has 1 aliphatic heterocycles. The quantitative estimate of drug-likeness (QED) is 0.420. The highest BCUT2D eigenvalue weighted by Gasteiger charge is 2.25. The third-order valence-electron chi connectivity index (χ3n) is 5.32. The van der Waals surface area contributed by atoms with Gasteiger partial charge in [-0.1, -0.05) is 13.0 Å². The number of carbonyl (C=O) groups excluding carboxylic acids is 1. The summed E-state index contributed by atoms with van der Waals surface area (Å²) in [5.74, 6) is 2.21. The van der Waals surface area contributed by atoms with E-state index in [0.717, 1.165) is 49.6 Å². The predicted octanol–water partition coefficient (Wildman–Crippen LogP) is 0.302. The van der Waals surface area contributed by atoms with E-state index in [2.05, 4.69) is 42.6 Å². The van der Waals surface area contributed by atoms with Gasteiger partial charge in [0, 0.05) is 58.0 Å². The molecule has 0 radical (unpaired) electrons. The Balaban J connectivity index is 1.56. The minimum absolute atomic E-state index is 0.123. The summed E-state index contributed by atoms with van der Waals surface area (Å²) in [6.45, 7) is 5.60. The molecule has 0 spiro atoms. The number of hydrogen-bond acceptors (Lipinski definition) is 6. The van der Waals surface area contributed by atoms with Crippen LogP contribution >= 0.6 is 0 Å². The summed E-state index contributed by atoms with van der Waals surface area (Å²) in [4.78, 5) is 22.7. The number of aromatic nitrogens is 4. The van der Waals surface area contributed by atoms with Crippen molar-refractivity contribution in [1.29, 1.82) is 0 Å². The van der Waals surface area contributed by atoms with Gasteiger partial charge in [0.2, 0.25) is 5.91 Å². The first-order valence-corrected chi connectivity index (χ1v) is 10.4. The number of amides is 1. The molecule has 162 valence electrons. The lowest BCUT2D eigenvalue weighted by atomic mass is 9.97. The van der Waals surface area contributed by atoms with Gasteiger partial charge in [0.05, 0.1) is 5.92 Å². The Kier molecular flexibility index (Phi) is 7.58. The van der Waals surface area contributed by atoms with Crippen LogP contribution in [0.3, 0.4) is 0 Å². The SMILES string of the molecule is CCc1nncn1CCNC(=NC)NCc1cccnc1N1CCCC(C(N)=O)C1. The van der Waals surface area contributed by atoms with Gasteiger partial charge < -0.3 is 25.8 Å². The minimum Gasteiger partial charge on any atom is -0.369 e. The summed E-state index contributed by atoms with van der Waals surface area (Å²) in [6, 6.07) is 3.96. The fourth-order valence-corrected chi connectivity index (χ4v) is 3.69. The molecule has 3 rings (SSSR count). The van der Waals surface area contributed by atoms with Crippen LogP contribution in [0.1, 0.15) is 31.2 Å². The summed E-state index contributed by atoms with van der Waals surface area (Å²) >= 11 is 0. The summed E-state index contributed by atoms with van der Waals surface area (Å²) in [7, 11) is 1.75. The number of guanidine groups is 1. The number of aryl methyl sites for hydroxylation is 1. The molecule has 1 unspecified atom stereocenters. The molecule has 1 atom stereocenters. The Bertz CT molecular complexity index is 863. The van der Waals surface area contributed by atoms with Gasteiger partial charge >= 0.3 is 0 Å². The molecule has 2 aromatic heterocycles. The van der Waals surface area contributed by atoms with Gasteiger partial charge in [-0.2, -0.15) is 0 Å². The average molecular weight is 414 g/mol. The third-order valence-corrected chi connectivity index (χ3v) is 5.32. The molecule has 1 aliphatic rings. The monoisotopic (exact) mass is 413 g/mol. The summed E-state index contributed by atoms with van der Waals surface area (Å²) in [5.41, 5.74) is 6.58. The lowest BCUT2D eigenvalue weighted by Crippen LogP contribution is -2.42. The topological polar surface area (TPSA) is 126 Å². The van der Waals surface area contributed by atoms with E-state index in [1.165, 1.54) is 0 Å². The largest absolute Gasteiger partial charge is 0.369 e. The summed E-state index contributed by atoms with van der Waals surface area (Å²) in [5, 5.41) is 14.7. The molecule has 0 aliphatic carbocycles. The van der Waals surface area contributed by atoms with E-state index in [0.29, 0.717) is 25.6 Å². The highest BCUT2D eigenvalue weighted by molar-refractivity contribution is 5.80. The maximum absolute atomic E-state index is 11.6. The second-order valence-electron chi connectivity index (χ2n) is 7.32. The Labute approximate surface area is 177 Å². The van der Waals surface area contributed by atoms with E-state index in [-0.39, 0.29) is 11.8 Å².